The molecule has 3 aliphatic rings. The van der Waals surface area contributed by atoms with E-state index in [0.29, 0.717) is 0 Å². The van der Waals surface area contributed by atoms with Crippen LogP contribution in [0.15, 0.2) is 0 Å². The summed E-state index contributed by atoms with van der Waals surface area (Å²) in [7, 11) is 0. The van der Waals surface area contributed by atoms with Crippen LogP contribution in [0.25, 0.3) is 0 Å². The van der Waals surface area contributed by atoms with E-state index < -0.39 is 157 Å². The van der Waals surface area contributed by atoms with Crippen LogP contribution in [-0.4, -0.2) is 190 Å². The van der Waals surface area contributed by atoms with Crippen LogP contribution in [0.5, 0.6) is 0 Å². The molecule has 422 valence electrons. The van der Waals surface area contributed by atoms with E-state index >= 15 is 0 Å². The second-order valence-electron chi connectivity index (χ2n) is 23.3. The molecule has 26 heteroatoms. The summed E-state index contributed by atoms with van der Waals surface area (Å²) >= 11 is 0. The molecule has 12 N–H and O–H groups in total. The maximum absolute atomic E-state index is 13.9. The van der Waals surface area contributed by atoms with E-state index in [0.717, 1.165) is 0 Å². The third-order valence-corrected chi connectivity index (χ3v) is 10.7. The fourth-order valence-electron chi connectivity index (χ4n) is 7.78. The van der Waals surface area contributed by atoms with Gasteiger partial charge < -0.3 is 101 Å². The van der Waals surface area contributed by atoms with E-state index in [-0.39, 0.29) is 38.8 Å². The van der Waals surface area contributed by atoms with Crippen molar-refractivity contribution in [3.8, 4) is 0 Å². The summed E-state index contributed by atoms with van der Waals surface area (Å²) in [6, 6.07) is -6.54. The topological polar surface area (TPSA) is 365 Å². The molecule has 0 aromatic rings. The summed E-state index contributed by atoms with van der Waals surface area (Å²) in [5.74, 6) is -0.983. The van der Waals surface area contributed by atoms with Crippen LogP contribution in [0.2, 0.25) is 0 Å². The minimum absolute atomic E-state index is 0.0625. The summed E-state index contributed by atoms with van der Waals surface area (Å²) in [6.07, 6.45) is -18.2. The predicted molar refractivity (Wildman–Crippen MR) is 258 cm³/mol. The Bertz CT molecular complexity index is 1840. The quantitative estimate of drug-likeness (QED) is 0.103. The third kappa shape index (κ3) is 22.1. The molecular formula is C47H85N7O19. The van der Waals surface area contributed by atoms with Crippen molar-refractivity contribution < 1.29 is 91.8 Å². The average molecular weight is 1050 g/mol. The molecule has 0 spiro atoms. The molecule has 0 aromatic carbocycles. The Morgan fingerprint density at radius 1 is 0.575 bits per heavy atom. The number of carbonyl (C=O) groups is 6. The Labute approximate surface area is 427 Å². The number of nitrogens with two attached hydrogens (primary N) is 1. The molecule has 6 amide bonds. The number of nitrogens with one attached hydrogen (secondary N) is 6. The number of aliphatic hydroxyl groups excluding tert-OH is 4. The van der Waals surface area contributed by atoms with Crippen LogP contribution in [0, 0.1) is 0 Å². The lowest BCUT2D eigenvalue weighted by molar-refractivity contribution is -0.304. The van der Waals surface area contributed by atoms with Crippen molar-refractivity contribution in [2.75, 3.05) is 19.7 Å². The lowest BCUT2D eigenvalue weighted by atomic mass is 9.81. The number of hydrogen-bond acceptors (Lipinski definition) is 20. The number of aliphatic hydroxyl groups is 4. The second kappa shape index (κ2) is 25.8. The van der Waals surface area contributed by atoms with Gasteiger partial charge in [-0.1, -0.05) is 0 Å². The van der Waals surface area contributed by atoms with Gasteiger partial charge in [-0.05, 0) is 130 Å². The molecule has 1 saturated carbocycles. The average Bonchev–Trinajstić information content (AvgIpc) is 3.19. The van der Waals surface area contributed by atoms with Gasteiger partial charge in [-0.2, -0.15) is 0 Å². The lowest BCUT2D eigenvalue weighted by Crippen LogP contribution is -2.72. The molecule has 73 heavy (non-hydrogen) atoms. The van der Waals surface area contributed by atoms with Crippen molar-refractivity contribution >= 4 is 36.4 Å². The molecule has 2 heterocycles. The summed E-state index contributed by atoms with van der Waals surface area (Å²) in [5.41, 5.74) is 2.58. The number of alkyl carbamates (subject to hydrolysis) is 5. The standard InChI is InChI=1S/C47H85N7O19/c1-43(2,3)69-38(60)49-19-18-27(56)35(59)51-25-20-26(53-41(63)72-46(10,11)12)34(29(48)33(25)68-37-32(58)30(31(57)28(22-55)66-37)54-42(64)73-47(13,14)15)67-36-24(52-40(62)71-45(7,8)9)17-16-23(65-36)21-50-39(61)70-44(4,5)6/h23-34,36-37,55-58H,16-22,48H2,1-15H3,(H,49,60)(H,50,61)(H,51,59)(H,52,62)(H,53,63)(H,54,64)/t23?,24?,25-,26+,27+,28?,29?,30+,31-,32?,33+,34?,36-,37-/m1/s1. The molecule has 1 aliphatic carbocycles. The Balaban J connectivity index is 2.12. The van der Waals surface area contributed by atoms with Crippen LogP contribution < -0.4 is 37.6 Å². The number of carbonyl (C=O) groups excluding carboxylic acids is 6. The predicted octanol–water partition coefficient (Wildman–Crippen LogP) is 1.40. The van der Waals surface area contributed by atoms with Gasteiger partial charge in [0.2, 0.25) is 5.91 Å². The van der Waals surface area contributed by atoms with Crippen LogP contribution in [0.4, 0.5) is 24.0 Å². The van der Waals surface area contributed by atoms with E-state index in [9.17, 15) is 49.2 Å². The zero-order valence-corrected chi connectivity index (χ0v) is 45.0. The molecule has 2 saturated heterocycles. The molecule has 2 aliphatic heterocycles. The first-order valence-electron chi connectivity index (χ1n) is 24.6. The molecule has 26 nitrogen and oxygen atoms in total. The highest BCUT2D eigenvalue weighted by Crippen LogP contribution is 2.33. The molecular weight excluding hydrogens is 967 g/mol. The van der Waals surface area contributed by atoms with Crippen molar-refractivity contribution in [3.05, 3.63) is 0 Å². The molecule has 14 atom stereocenters. The number of amides is 6. The smallest absolute Gasteiger partial charge is 0.408 e. The molecule has 0 radical (unpaired) electrons. The van der Waals surface area contributed by atoms with Crippen molar-refractivity contribution in [2.45, 2.75) is 243 Å². The maximum Gasteiger partial charge on any atom is 0.408 e. The second-order valence-corrected chi connectivity index (χ2v) is 23.3. The minimum Gasteiger partial charge on any atom is -0.444 e. The van der Waals surface area contributed by atoms with Crippen molar-refractivity contribution in [2.24, 2.45) is 5.73 Å². The van der Waals surface area contributed by atoms with Crippen LogP contribution in [0.1, 0.15) is 130 Å². The summed E-state index contributed by atoms with van der Waals surface area (Å²) < 4.78 is 52.5. The number of rotatable bonds is 15. The Hall–Kier alpha value is -4.54. The van der Waals surface area contributed by atoms with Gasteiger partial charge in [-0.25, -0.2) is 24.0 Å². The van der Waals surface area contributed by atoms with Gasteiger partial charge in [0, 0.05) is 13.1 Å². The van der Waals surface area contributed by atoms with Crippen molar-refractivity contribution in [3.63, 3.8) is 0 Å². The van der Waals surface area contributed by atoms with E-state index in [1.807, 2.05) is 0 Å². The van der Waals surface area contributed by atoms with Crippen molar-refractivity contribution in [1.29, 1.82) is 0 Å². The fourth-order valence-corrected chi connectivity index (χ4v) is 7.78. The van der Waals surface area contributed by atoms with Gasteiger partial charge in [-0.3, -0.25) is 4.79 Å². The normalized spacial score (nSPS) is 29.6. The molecule has 3 rings (SSSR count). The van der Waals surface area contributed by atoms with Crippen LogP contribution in [-0.2, 0) is 47.4 Å². The van der Waals surface area contributed by atoms with Gasteiger partial charge in [0.25, 0.3) is 0 Å². The third-order valence-electron chi connectivity index (χ3n) is 10.7. The summed E-state index contributed by atoms with van der Waals surface area (Å²) in [6.45, 7) is 23.7. The van der Waals surface area contributed by atoms with E-state index in [2.05, 4.69) is 31.9 Å². The van der Waals surface area contributed by atoms with E-state index in [1.165, 1.54) is 0 Å². The molecule has 0 aromatic heterocycles. The molecule has 3 fully saturated rings. The van der Waals surface area contributed by atoms with Gasteiger partial charge >= 0.3 is 30.5 Å². The van der Waals surface area contributed by atoms with Crippen molar-refractivity contribution in [1.82, 2.24) is 31.9 Å². The SMILES string of the molecule is CC(C)(C)OC(=O)NCC[C@H](O)C(=O)N[C@@H]1C[C@H](NC(=O)OC(C)(C)C)C(O[C@H]2OC(CNC(=O)OC(C)(C)C)CCC2NC(=O)OC(C)(C)C)C(N)[C@H]1O[C@H]1OC(CO)[C@@H](O)[C@H](NC(=O)OC(C)(C)C)C1O. The van der Waals surface area contributed by atoms with Gasteiger partial charge in [0.1, 0.15) is 52.4 Å². The first kappa shape index (κ1) is 62.8. The first-order valence-corrected chi connectivity index (χ1v) is 24.6. The highest BCUT2D eigenvalue weighted by molar-refractivity contribution is 5.81. The zero-order chi connectivity index (χ0) is 55.6. The highest BCUT2D eigenvalue weighted by Gasteiger charge is 2.53. The highest BCUT2D eigenvalue weighted by atomic mass is 16.7. The minimum atomic E-state index is -1.90. The van der Waals surface area contributed by atoms with E-state index in [1.54, 1.807) is 104 Å². The van der Waals surface area contributed by atoms with E-state index in [4.69, 9.17) is 48.4 Å². The Morgan fingerprint density at radius 3 is 1.51 bits per heavy atom. The summed E-state index contributed by atoms with van der Waals surface area (Å²) in [4.78, 5) is 78.7. The maximum atomic E-state index is 13.9. The van der Waals surface area contributed by atoms with Gasteiger partial charge in [0.05, 0.1) is 55.1 Å². The largest absolute Gasteiger partial charge is 0.444 e. The Morgan fingerprint density at radius 2 is 1.01 bits per heavy atom. The zero-order valence-electron chi connectivity index (χ0n) is 45.0. The van der Waals surface area contributed by atoms with Crippen LogP contribution >= 0.6 is 0 Å². The van der Waals surface area contributed by atoms with Gasteiger partial charge in [-0.15, -0.1) is 0 Å². The Kier molecular flexibility index (Phi) is 22.2. The molecule has 0 bridgehead atoms. The van der Waals surface area contributed by atoms with Gasteiger partial charge in [0.15, 0.2) is 12.6 Å². The lowest BCUT2D eigenvalue weighted by Gasteiger charge is -2.50. The number of hydrogen-bond donors (Lipinski definition) is 11. The monoisotopic (exact) mass is 1050 g/mol. The first-order chi connectivity index (χ1) is 33.3. The van der Waals surface area contributed by atoms with Crippen LogP contribution in [0.3, 0.4) is 0 Å². The summed E-state index contributed by atoms with van der Waals surface area (Å²) in [5, 5.41) is 60.1. The fraction of sp³-hybridized carbons (Fsp3) is 0.872. The number of ether oxygens (including phenoxy) is 9. The molecule has 6 unspecified atom stereocenters.